The zero-order valence-electron chi connectivity index (χ0n) is 19.7. The predicted molar refractivity (Wildman–Crippen MR) is 139 cm³/mol. The molecule has 0 unspecified atom stereocenters. The number of carbonyl (C=O) groups is 2. The lowest BCUT2D eigenvalue weighted by Crippen LogP contribution is -2.57. The fourth-order valence-corrected chi connectivity index (χ4v) is 8.01. The molecule has 10 heteroatoms. The fourth-order valence-electron chi connectivity index (χ4n) is 6.85. The third-order valence-corrected chi connectivity index (χ3v) is 9.42. The number of hydrogen-bond acceptors (Lipinski definition) is 7. The fraction of sp³-hybridized carbons (Fsp3) is 0.423. The lowest BCUT2D eigenvalue weighted by atomic mass is 9.49. The molecule has 186 valence electrons. The molecule has 0 atom stereocenters. The van der Waals surface area contributed by atoms with Crippen LogP contribution >= 0.6 is 24.0 Å². The number of carbonyl (C=O) groups excluding carboxylic acids is 2. The summed E-state index contributed by atoms with van der Waals surface area (Å²) in [6.07, 6.45) is 8.00. The van der Waals surface area contributed by atoms with Gasteiger partial charge in [0.2, 0.25) is 5.91 Å². The first-order valence-corrected chi connectivity index (χ1v) is 13.4. The summed E-state index contributed by atoms with van der Waals surface area (Å²) in [4.78, 5) is 37.7. The van der Waals surface area contributed by atoms with Gasteiger partial charge in [0.05, 0.1) is 15.2 Å². The van der Waals surface area contributed by atoms with E-state index in [0.29, 0.717) is 45.3 Å². The maximum atomic E-state index is 13.4. The molecule has 1 N–H and O–H groups in total. The summed E-state index contributed by atoms with van der Waals surface area (Å²) in [6.45, 7) is 1.68. The summed E-state index contributed by atoms with van der Waals surface area (Å²) in [5.41, 5.74) is 3.62. The lowest BCUT2D eigenvalue weighted by molar-refractivity contribution is -0.385. The molecular weight excluding hydrogens is 498 g/mol. The molecule has 8 nitrogen and oxygen atoms in total. The highest BCUT2D eigenvalue weighted by Crippen LogP contribution is 2.60. The average Bonchev–Trinajstić information content (AvgIpc) is 3.38. The van der Waals surface area contributed by atoms with Crippen LogP contribution in [0.2, 0.25) is 0 Å². The van der Waals surface area contributed by atoms with Gasteiger partial charge >= 0.3 is 0 Å². The van der Waals surface area contributed by atoms with Crippen LogP contribution in [0.15, 0.2) is 39.7 Å². The van der Waals surface area contributed by atoms with Crippen molar-refractivity contribution in [1.82, 2.24) is 10.4 Å². The second-order valence-electron chi connectivity index (χ2n) is 10.6. The van der Waals surface area contributed by atoms with Crippen molar-refractivity contribution in [1.29, 1.82) is 0 Å². The van der Waals surface area contributed by atoms with Gasteiger partial charge in [-0.3, -0.25) is 25.1 Å². The number of nitro groups is 1. The van der Waals surface area contributed by atoms with Crippen LogP contribution in [0.3, 0.4) is 0 Å². The number of nitrogens with one attached hydrogen (secondary N) is 1. The number of thioether (sulfide) groups is 1. The normalized spacial score (nSPS) is 29.9. The Balaban J connectivity index is 1.18. The Bertz CT molecular complexity index is 1310. The molecule has 7 rings (SSSR count). The predicted octanol–water partition coefficient (Wildman–Crippen LogP) is 5.61. The third kappa shape index (κ3) is 3.96. The highest BCUT2D eigenvalue weighted by atomic mass is 32.2. The summed E-state index contributed by atoms with van der Waals surface area (Å²) in [6, 6.07) is 8.30. The van der Waals surface area contributed by atoms with Crippen LogP contribution in [0.4, 0.5) is 5.69 Å². The topological polar surface area (TPSA) is 106 Å². The minimum absolute atomic E-state index is 0.0149. The van der Waals surface area contributed by atoms with Crippen molar-refractivity contribution in [3.63, 3.8) is 0 Å². The lowest BCUT2D eigenvalue weighted by Gasteiger charge is -2.55. The van der Waals surface area contributed by atoms with Crippen molar-refractivity contribution < 1.29 is 18.9 Å². The molecule has 0 radical (unpaired) electrons. The highest BCUT2D eigenvalue weighted by Gasteiger charge is 2.55. The van der Waals surface area contributed by atoms with Gasteiger partial charge in [0.25, 0.3) is 11.6 Å². The van der Waals surface area contributed by atoms with Crippen molar-refractivity contribution >= 4 is 51.9 Å². The van der Waals surface area contributed by atoms with Crippen LogP contribution in [-0.2, 0) is 9.59 Å². The number of amides is 2. The van der Waals surface area contributed by atoms with Crippen LogP contribution in [0.5, 0.6) is 0 Å². The second-order valence-corrected chi connectivity index (χ2v) is 12.3. The largest absolute Gasteiger partial charge is 0.457 e. The van der Waals surface area contributed by atoms with Gasteiger partial charge in [-0.2, -0.15) is 5.01 Å². The smallest absolute Gasteiger partial charge is 0.285 e. The minimum Gasteiger partial charge on any atom is -0.457 e. The second kappa shape index (κ2) is 8.55. The molecule has 2 amide bonds. The van der Waals surface area contributed by atoms with Crippen molar-refractivity contribution in [2.45, 2.75) is 45.4 Å². The van der Waals surface area contributed by atoms with Gasteiger partial charge in [0.1, 0.15) is 11.5 Å². The van der Waals surface area contributed by atoms with Gasteiger partial charge in [-0.15, -0.1) is 0 Å². The molecule has 1 saturated heterocycles. The van der Waals surface area contributed by atoms with Gasteiger partial charge in [0, 0.05) is 23.3 Å². The molecule has 4 saturated carbocycles. The Morgan fingerprint density at radius 1 is 1.19 bits per heavy atom. The number of benzene rings is 1. The minimum atomic E-state index is -0.425. The molecule has 4 aliphatic carbocycles. The molecule has 1 aromatic carbocycles. The van der Waals surface area contributed by atoms with E-state index < -0.39 is 4.92 Å². The SMILES string of the molecule is Cc1ccc(-c2ccc(/C=C3/SC(=S)N(NC(=O)C45CC6CC(CC(C6)C4)C5)C3=O)o2)cc1[N+](=O)[O-]. The molecule has 5 fully saturated rings. The van der Waals surface area contributed by atoms with E-state index in [0.717, 1.165) is 31.0 Å². The van der Waals surface area contributed by atoms with Gasteiger partial charge in [-0.25, -0.2) is 0 Å². The maximum Gasteiger partial charge on any atom is 0.285 e. The summed E-state index contributed by atoms with van der Waals surface area (Å²) >= 11 is 6.54. The van der Waals surface area contributed by atoms with Crippen molar-refractivity contribution in [2.75, 3.05) is 0 Å². The third-order valence-electron chi connectivity index (χ3n) is 8.12. The Morgan fingerprint density at radius 2 is 1.86 bits per heavy atom. The monoisotopic (exact) mass is 523 g/mol. The Hall–Kier alpha value is -2.98. The molecule has 5 aliphatic rings. The van der Waals surface area contributed by atoms with Crippen molar-refractivity contribution in [3.05, 3.63) is 56.7 Å². The summed E-state index contributed by atoms with van der Waals surface area (Å²) in [7, 11) is 0. The van der Waals surface area contributed by atoms with Crippen LogP contribution in [0.25, 0.3) is 17.4 Å². The Labute approximate surface area is 217 Å². The van der Waals surface area contributed by atoms with Crippen LogP contribution in [0.1, 0.15) is 49.8 Å². The van der Waals surface area contributed by atoms with Crippen molar-refractivity contribution in [2.24, 2.45) is 23.2 Å². The van der Waals surface area contributed by atoms with Gasteiger partial charge in [0.15, 0.2) is 4.32 Å². The molecule has 2 heterocycles. The molecular formula is C26H25N3O5S2. The molecule has 36 heavy (non-hydrogen) atoms. The first-order chi connectivity index (χ1) is 17.2. The maximum absolute atomic E-state index is 13.4. The number of thiocarbonyl (C=S) groups is 1. The van der Waals surface area contributed by atoms with Crippen LogP contribution in [-0.4, -0.2) is 26.1 Å². The zero-order valence-corrected chi connectivity index (χ0v) is 21.3. The summed E-state index contributed by atoms with van der Waals surface area (Å²) in [5, 5.41) is 12.5. The van der Waals surface area contributed by atoms with E-state index in [1.807, 2.05) is 0 Å². The van der Waals surface area contributed by atoms with Gasteiger partial charge in [-0.05, 0) is 87.6 Å². The Kier molecular flexibility index (Phi) is 5.56. The van der Waals surface area contributed by atoms with E-state index in [1.165, 1.54) is 30.3 Å². The molecule has 1 aliphatic heterocycles. The number of nitrogens with zero attached hydrogens (tertiary/aromatic N) is 2. The number of furan rings is 1. The van der Waals surface area contributed by atoms with Crippen LogP contribution in [0, 0.1) is 40.2 Å². The number of rotatable bonds is 5. The number of aryl methyl sites for hydroxylation is 1. The van der Waals surface area contributed by atoms with E-state index in [9.17, 15) is 19.7 Å². The average molecular weight is 524 g/mol. The quantitative estimate of drug-likeness (QED) is 0.235. The van der Waals surface area contributed by atoms with E-state index in [-0.39, 0.29) is 27.2 Å². The first-order valence-electron chi connectivity index (χ1n) is 12.1. The first kappa shape index (κ1) is 23.4. The molecule has 0 spiro atoms. The summed E-state index contributed by atoms with van der Waals surface area (Å²) in [5.74, 6) is 2.27. The molecule has 1 aromatic heterocycles. The standard InChI is InChI=1S/C26H25N3O5S2/c1-14-2-3-18(9-20(14)29(32)33)21-5-4-19(34-21)10-22-23(30)28(25(35)36-22)27-24(31)26-11-15-6-16(12-26)8-17(7-15)13-26/h2-5,9-10,15-17H,6-8,11-13H2,1H3,(H,27,31)/b22-10+. The zero-order chi connectivity index (χ0) is 25.2. The van der Waals surface area contributed by atoms with Gasteiger partial charge in [-0.1, -0.05) is 23.9 Å². The van der Waals surface area contributed by atoms with E-state index >= 15 is 0 Å². The van der Waals surface area contributed by atoms with E-state index in [1.54, 1.807) is 37.3 Å². The van der Waals surface area contributed by atoms with Crippen molar-refractivity contribution in [3.8, 4) is 11.3 Å². The molecule has 4 bridgehead atoms. The Morgan fingerprint density at radius 3 is 2.50 bits per heavy atom. The number of hydrogen-bond donors (Lipinski definition) is 1. The van der Waals surface area contributed by atoms with E-state index in [4.69, 9.17) is 16.6 Å². The van der Waals surface area contributed by atoms with Crippen LogP contribution < -0.4 is 5.43 Å². The number of nitro benzene ring substituents is 1. The number of hydrazine groups is 1. The van der Waals surface area contributed by atoms with Gasteiger partial charge < -0.3 is 4.42 Å². The summed E-state index contributed by atoms with van der Waals surface area (Å²) < 4.78 is 6.14. The molecule has 2 aromatic rings. The highest BCUT2D eigenvalue weighted by molar-refractivity contribution is 8.26. The van der Waals surface area contributed by atoms with E-state index in [2.05, 4.69) is 5.43 Å².